The molecule has 0 fully saturated rings. The van der Waals surface area contributed by atoms with Crippen molar-refractivity contribution < 1.29 is 9.66 Å². The number of rotatable bonds is 9. The zero-order valence-electron chi connectivity index (χ0n) is 21.1. The lowest BCUT2D eigenvalue weighted by Gasteiger charge is -2.15. The molecule has 10 nitrogen and oxygen atoms in total. The molecule has 0 bridgehead atoms. The Morgan fingerprint density at radius 3 is 2.78 bits per heavy atom. The molecule has 2 aromatic carbocycles. The van der Waals surface area contributed by atoms with Gasteiger partial charge in [0.05, 0.1) is 23.4 Å². The number of nitrogens with zero attached hydrogens (tertiary/aromatic N) is 5. The van der Waals surface area contributed by atoms with Gasteiger partial charge in [-0.2, -0.15) is 0 Å². The Kier molecular flexibility index (Phi) is 6.74. The average Bonchev–Trinajstić information content (AvgIpc) is 3.23. The lowest BCUT2D eigenvalue weighted by Crippen LogP contribution is -2.21. The number of allylic oxidation sites excluding steroid dienone is 2. The minimum absolute atomic E-state index is 0.0579. The van der Waals surface area contributed by atoms with Crippen molar-refractivity contribution in [2.45, 2.75) is 13.0 Å². The molecule has 10 heteroatoms. The van der Waals surface area contributed by atoms with Crippen molar-refractivity contribution in [2.24, 2.45) is 0 Å². The van der Waals surface area contributed by atoms with Crippen LogP contribution in [0.3, 0.4) is 0 Å². The molecule has 0 atom stereocenters. The first-order valence-electron chi connectivity index (χ1n) is 12.1. The number of hydrogen-bond acceptors (Lipinski definition) is 8. The van der Waals surface area contributed by atoms with Gasteiger partial charge in [0.25, 0.3) is 5.69 Å². The zero-order valence-corrected chi connectivity index (χ0v) is 21.1. The van der Waals surface area contributed by atoms with Gasteiger partial charge in [0.2, 0.25) is 5.95 Å². The topological polar surface area (TPSA) is 110 Å². The largest absolute Gasteiger partial charge is 0.494 e. The molecule has 0 aliphatic carbocycles. The van der Waals surface area contributed by atoms with E-state index in [0.29, 0.717) is 29.6 Å². The Bertz CT molecular complexity index is 1490. The molecule has 1 aliphatic rings. The third-order valence-corrected chi connectivity index (χ3v) is 6.39. The molecular weight excluding hydrogens is 470 g/mol. The Morgan fingerprint density at radius 1 is 1.16 bits per heavy atom. The van der Waals surface area contributed by atoms with Gasteiger partial charge in [-0.1, -0.05) is 30.4 Å². The summed E-state index contributed by atoms with van der Waals surface area (Å²) in [6, 6.07) is 13.3. The van der Waals surface area contributed by atoms with Crippen LogP contribution in [0.2, 0.25) is 0 Å². The predicted molar refractivity (Wildman–Crippen MR) is 146 cm³/mol. The maximum absolute atomic E-state index is 11.8. The lowest BCUT2D eigenvalue weighted by atomic mass is 10.0. The predicted octanol–water partition coefficient (Wildman–Crippen LogP) is 4.84. The van der Waals surface area contributed by atoms with Gasteiger partial charge < -0.3 is 24.8 Å². The van der Waals surface area contributed by atoms with E-state index in [4.69, 9.17) is 9.72 Å². The van der Waals surface area contributed by atoms with E-state index in [0.717, 1.165) is 36.2 Å². The summed E-state index contributed by atoms with van der Waals surface area (Å²) in [6.07, 6.45) is 6.86. The van der Waals surface area contributed by atoms with Crippen molar-refractivity contribution in [2.75, 3.05) is 44.9 Å². The molecule has 37 heavy (non-hydrogen) atoms. The second-order valence-corrected chi connectivity index (χ2v) is 9.07. The van der Waals surface area contributed by atoms with E-state index in [9.17, 15) is 10.1 Å². The fourth-order valence-corrected chi connectivity index (χ4v) is 4.66. The maximum atomic E-state index is 11.8. The van der Waals surface area contributed by atoms with Crippen LogP contribution in [-0.2, 0) is 13.0 Å². The van der Waals surface area contributed by atoms with E-state index in [1.54, 1.807) is 12.3 Å². The maximum Gasteiger partial charge on any atom is 0.294 e. The first-order chi connectivity index (χ1) is 18.0. The number of ether oxygens (including phenoxy) is 1. The minimum Gasteiger partial charge on any atom is -0.494 e. The molecule has 1 aliphatic heterocycles. The minimum atomic E-state index is -0.410. The number of nitrogens with one attached hydrogen (secondary N) is 2. The number of nitro benzene ring substituents is 1. The van der Waals surface area contributed by atoms with Gasteiger partial charge in [-0.05, 0) is 26.2 Å². The summed E-state index contributed by atoms with van der Waals surface area (Å²) in [5.74, 6) is 0.776. The molecule has 190 valence electrons. The summed E-state index contributed by atoms with van der Waals surface area (Å²) < 4.78 is 7.87. The highest BCUT2D eigenvalue weighted by atomic mass is 16.6. The van der Waals surface area contributed by atoms with Gasteiger partial charge in [0.1, 0.15) is 11.4 Å². The Morgan fingerprint density at radius 2 is 2.00 bits per heavy atom. The van der Waals surface area contributed by atoms with Crippen molar-refractivity contribution >= 4 is 33.9 Å². The first kappa shape index (κ1) is 24.3. The quantitative estimate of drug-likeness (QED) is 0.191. The molecule has 0 spiro atoms. The second-order valence-electron chi connectivity index (χ2n) is 9.07. The summed E-state index contributed by atoms with van der Waals surface area (Å²) in [7, 11) is 5.42. The number of para-hydroxylation sites is 1. The van der Waals surface area contributed by atoms with Gasteiger partial charge in [0, 0.05) is 66.5 Å². The third kappa shape index (κ3) is 4.83. The summed E-state index contributed by atoms with van der Waals surface area (Å²) in [5, 5.41) is 19.3. The van der Waals surface area contributed by atoms with Crippen LogP contribution in [0.15, 0.2) is 60.8 Å². The van der Waals surface area contributed by atoms with Gasteiger partial charge in [-0.15, -0.1) is 0 Å². The smallest absolute Gasteiger partial charge is 0.294 e. The number of hydrogen-bond donors (Lipinski definition) is 2. The second kappa shape index (κ2) is 10.3. The van der Waals surface area contributed by atoms with Crippen molar-refractivity contribution in [1.29, 1.82) is 0 Å². The molecule has 5 rings (SSSR count). The summed E-state index contributed by atoms with van der Waals surface area (Å²) in [4.78, 5) is 22.6. The highest BCUT2D eigenvalue weighted by Crippen LogP contribution is 2.39. The Balaban J connectivity index is 1.51. The van der Waals surface area contributed by atoms with E-state index >= 15 is 0 Å². The number of nitro groups is 1. The number of anilines is 3. The number of likely N-dealkylation sites (N-methyl/N-ethyl adjacent to an activating group) is 1. The fraction of sp³-hybridized carbons (Fsp3) is 0.259. The molecule has 0 unspecified atom stereocenters. The molecule has 3 heterocycles. The fourth-order valence-electron chi connectivity index (χ4n) is 4.66. The highest BCUT2D eigenvalue weighted by Gasteiger charge is 2.22. The third-order valence-electron chi connectivity index (χ3n) is 6.39. The standard InChI is InChI=1S/C27H29N7O3/c1-32(2)15-13-28-20-17-25(37-3)21(16-24(20)34(35)36)31-27-29-12-11-19(30-27)26-18-8-4-5-9-22(18)33-14-7-6-10-23(26)33/h4-9,11-12,16-17,28H,10,13-15H2,1-3H3,(H,29,30,31). The molecule has 2 aromatic heterocycles. The first-order valence-corrected chi connectivity index (χ1v) is 12.1. The van der Waals surface area contributed by atoms with E-state index in [1.165, 1.54) is 24.4 Å². The molecule has 0 saturated heterocycles. The monoisotopic (exact) mass is 499 g/mol. The van der Waals surface area contributed by atoms with Crippen LogP contribution in [0.25, 0.3) is 22.2 Å². The molecule has 4 aromatic rings. The number of fused-ring (bicyclic) bond motifs is 3. The van der Waals surface area contributed by atoms with Crippen LogP contribution >= 0.6 is 0 Å². The number of methoxy groups -OCH3 is 1. The zero-order chi connectivity index (χ0) is 25.9. The number of benzene rings is 2. The summed E-state index contributed by atoms with van der Waals surface area (Å²) >= 11 is 0. The van der Waals surface area contributed by atoms with Gasteiger partial charge in [-0.25, -0.2) is 9.97 Å². The van der Waals surface area contributed by atoms with E-state index in [2.05, 4.69) is 44.5 Å². The van der Waals surface area contributed by atoms with Crippen molar-refractivity contribution in [1.82, 2.24) is 19.4 Å². The van der Waals surface area contributed by atoms with Crippen LogP contribution in [0.1, 0.15) is 5.69 Å². The molecule has 0 radical (unpaired) electrons. The normalized spacial score (nSPS) is 12.5. The van der Waals surface area contributed by atoms with E-state index in [1.807, 2.05) is 37.2 Å². The Labute approximate surface area is 214 Å². The van der Waals surface area contributed by atoms with E-state index in [-0.39, 0.29) is 5.69 Å². The van der Waals surface area contributed by atoms with E-state index < -0.39 is 4.92 Å². The Hall–Kier alpha value is -4.44. The van der Waals surface area contributed by atoms with Crippen LogP contribution in [0.4, 0.5) is 23.0 Å². The van der Waals surface area contributed by atoms with Crippen molar-refractivity contribution in [3.8, 4) is 17.0 Å². The van der Waals surface area contributed by atoms with Crippen molar-refractivity contribution in [3.63, 3.8) is 0 Å². The van der Waals surface area contributed by atoms with Crippen LogP contribution < -0.4 is 15.4 Å². The number of aromatic nitrogens is 3. The van der Waals surface area contributed by atoms with Gasteiger partial charge in [0.15, 0.2) is 0 Å². The average molecular weight is 500 g/mol. The molecule has 2 N–H and O–H groups in total. The van der Waals surface area contributed by atoms with Crippen LogP contribution in [-0.4, -0.2) is 58.7 Å². The van der Waals surface area contributed by atoms with Gasteiger partial charge in [-0.3, -0.25) is 10.1 Å². The summed E-state index contributed by atoms with van der Waals surface area (Å²) in [6.45, 7) is 2.11. The highest BCUT2D eigenvalue weighted by molar-refractivity contribution is 5.97. The summed E-state index contributed by atoms with van der Waals surface area (Å²) in [5.41, 5.74) is 4.98. The molecule has 0 saturated carbocycles. The SMILES string of the molecule is COc1cc(NCCN(C)C)c([N+](=O)[O-])cc1Nc1nccc(-c2c3n(c4ccccc24)CC=CC3)n1. The van der Waals surface area contributed by atoms with Crippen LogP contribution in [0.5, 0.6) is 5.75 Å². The molecular formula is C27H29N7O3. The van der Waals surface area contributed by atoms with Gasteiger partial charge >= 0.3 is 0 Å². The molecule has 0 amide bonds. The van der Waals surface area contributed by atoms with Crippen molar-refractivity contribution in [3.05, 3.63) is 76.6 Å². The lowest BCUT2D eigenvalue weighted by molar-refractivity contribution is -0.383. The van der Waals surface area contributed by atoms with Crippen LogP contribution in [0, 0.1) is 10.1 Å².